The molecule has 0 unspecified atom stereocenters. The lowest BCUT2D eigenvalue weighted by molar-refractivity contribution is 0.0718. The molecule has 1 aliphatic heterocycles. The van der Waals surface area contributed by atoms with Gasteiger partial charge in [0, 0.05) is 24.8 Å². The zero-order chi connectivity index (χ0) is 16.2. The molecule has 1 amide bonds. The van der Waals surface area contributed by atoms with Crippen molar-refractivity contribution >= 4 is 23.2 Å². The summed E-state index contributed by atoms with van der Waals surface area (Å²) in [5.41, 5.74) is 1.46. The monoisotopic (exact) mass is 332 g/mol. The third-order valence-electron chi connectivity index (χ3n) is 4.10. The Morgan fingerprint density at radius 2 is 1.74 bits per heavy atom. The van der Waals surface area contributed by atoms with Gasteiger partial charge in [0.1, 0.15) is 5.82 Å². The molecule has 1 aliphatic rings. The Morgan fingerprint density at radius 3 is 2.39 bits per heavy atom. The van der Waals surface area contributed by atoms with Crippen molar-refractivity contribution in [1.29, 1.82) is 0 Å². The van der Waals surface area contributed by atoms with E-state index in [1.807, 2.05) is 17.0 Å². The number of nitrogens with one attached hydrogen (secondary N) is 1. The zero-order valence-electron chi connectivity index (χ0n) is 12.6. The lowest BCUT2D eigenvalue weighted by Gasteiger charge is -2.33. The van der Waals surface area contributed by atoms with Gasteiger partial charge in [0.25, 0.3) is 5.91 Å². The van der Waals surface area contributed by atoms with Crippen LogP contribution in [-0.2, 0) is 0 Å². The van der Waals surface area contributed by atoms with Crippen molar-refractivity contribution in [3.63, 3.8) is 0 Å². The largest absolute Gasteiger partial charge is 0.382 e. The van der Waals surface area contributed by atoms with Gasteiger partial charge in [-0.15, -0.1) is 0 Å². The number of benzene rings is 2. The maximum Gasteiger partial charge on any atom is 0.255 e. The Labute approximate surface area is 140 Å². The van der Waals surface area contributed by atoms with Crippen LogP contribution in [0.15, 0.2) is 48.5 Å². The smallest absolute Gasteiger partial charge is 0.255 e. The highest BCUT2D eigenvalue weighted by molar-refractivity contribution is 6.33. The summed E-state index contributed by atoms with van der Waals surface area (Å²) in [6.07, 6.45) is 1.71. The molecule has 0 atom stereocenters. The van der Waals surface area contributed by atoms with Crippen LogP contribution in [0.2, 0.25) is 5.02 Å². The number of likely N-dealkylation sites (tertiary alicyclic amines) is 1. The van der Waals surface area contributed by atoms with Crippen molar-refractivity contribution in [2.24, 2.45) is 0 Å². The van der Waals surface area contributed by atoms with Crippen LogP contribution in [0.3, 0.4) is 0 Å². The molecule has 0 spiro atoms. The van der Waals surface area contributed by atoms with Crippen molar-refractivity contribution in [1.82, 2.24) is 4.90 Å². The molecule has 2 aromatic carbocycles. The SMILES string of the molecule is O=C(c1ccccc1Cl)N1CCC(Nc2ccc(F)cc2)CC1. The van der Waals surface area contributed by atoms with E-state index >= 15 is 0 Å². The van der Waals surface area contributed by atoms with Gasteiger partial charge in [-0.05, 0) is 49.2 Å². The average Bonchev–Trinajstić information content (AvgIpc) is 2.57. The van der Waals surface area contributed by atoms with Crippen LogP contribution in [0, 0.1) is 5.82 Å². The van der Waals surface area contributed by atoms with Gasteiger partial charge in [0.15, 0.2) is 0 Å². The van der Waals surface area contributed by atoms with E-state index in [1.165, 1.54) is 12.1 Å². The summed E-state index contributed by atoms with van der Waals surface area (Å²) in [6.45, 7) is 1.37. The quantitative estimate of drug-likeness (QED) is 0.913. The first-order valence-electron chi connectivity index (χ1n) is 7.69. The predicted octanol–water partition coefficient (Wildman–Crippen LogP) is 4.20. The standard InChI is InChI=1S/C18H18ClFN2O/c19-17-4-2-1-3-16(17)18(23)22-11-9-15(10-12-22)21-14-7-5-13(20)6-8-14/h1-8,15,21H,9-12H2. The molecule has 5 heteroatoms. The van der Waals surface area contributed by atoms with Crippen molar-refractivity contribution in [2.45, 2.75) is 18.9 Å². The van der Waals surface area contributed by atoms with Gasteiger partial charge in [-0.2, -0.15) is 0 Å². The zero-order valence-corrected chi connectivity index (χ0v) is 13.4. The molecule has 0 saturated carbocycles. The Bertz CT molecular complexity index is 682. The van der Waals surface area contributed by atoms with Gasteiger partial charge in [0.2, 0.25) is 0 Å². The number of hydrogen-bond acceptors (Lipinski definition) is 2. The van der Waals surface area contributed by atoms with E-state index in [2.05, 4.69) is 5.32 Å². The summed E-state index contributed by atoms with van der Waals surface area (Å²) in [7, 11) is 0. The summed E-state index contributed by atoms with van der Waals surface area (Å²) in [5.74, 6) is -0.258. The number of anilines is 1. The highest BCUT2D eigenvalue weighted by atomic mass is 35.5. The Hall–Kier alpha value is -2.07. The summed E-state index contributed by atoms with van der Waals surface area (Å²) < 4.78 is 12.9. The maximum absolute atomic E-state index is 12.9. The fraction of sp³-hybridized carbons (Fsp3) is 0.278. The Morgan fingerprint density at radius 1 is 1.09 bits per heavy atom. The lowest BCUT2D eigenvalue weighted by Crippen LogP contribution is -2.42. The fourth-order valence-corrected chi connectivity index (χ4v) is 3.03. The van der Waals surface area contributed by atoms with Crippen LogP contribution in [0.25, 0.3) is 0 Å². The summed E-state index contributed by atoms with van der Waals surface area (Å²) >= 11 is 6.10. The van der Waals surface area contributed by atoms with Crippen molar-refractivity contribution in [3.8, 4) is 0 Å². The number of carbonyl (C=O) groups is 1. The van der Waals surface area contributed by atoms with E-state index < -0.39 is 0 Å². The van der Waals surface area contributed by atoms with Gasteiger partial charge in [-0.25, -0.2) is 4.39 Å². The van der Waals surface area contributed by atoms with Crippen molar-refractivity contribution < 1.29 is 9.18 Å². The molecule has 1 heterocycles. The first kappa shape index (κ1) is 15.8. The highest BCUT2D eigenvalue weighted by Crippen LogP contribution is 2.21. The van der Waals surface area contributed by atoms with Gasteiger partial charge in [-0.1, -0.05) is 23.7 Å². The summed E-state index contributed by atoms with van der Waals surface area (Å²) in [6, 6.07) is 13.8. The second-order valence-corrected chi connectivity index (χ2v) is 6.10. The van der Waals surface area contributed by atoms with Crippen LogP contribution < -0.4 is 5.32 Å². The molecule has 0 aliphatic carbocycles. The molecule has 0 bridgehead atoms. The number of piperidine rings is 1. The van der Waals surface area contributed by atoms with E-state index in [9.17, 15) is 9.18 Å². The normalized spacial score (nSPS) is 15.5. The molecule has 2 aromatic rings. The van der Waals surface area contributed by atoms with Gasteiger partial charge in [-0.3, -0.25) is 4.79 Å². The first-order valence-corrected chi connectivity index (χ1v) is 8.07. The second-order valence-electron chi connectivity index (χ2n) is 5.70. The fourth-order valence-electron chi connectivity index (χ4n) is 2.81. The number of halogens is 2. The van der Waals surface area contributed by atoms with Crippen LogP contribution in [0.5, 0.6) is 0 Å². The Balaban J connectivity index is 1.57. The molecular weight excluding hydrogens is 315 g/mol. The third kappa shape index (κ3) is 3.82. The third-order valence-corrected chi connectivity index (χ3v) is 4.43. The first-order chi connectivity index (χ1) is 11.1. The lowest BCUT2D eigenvalue weighted by atomic mass is 10.0. The molecule has 1 fully saturated rings. The minimum absolute atomic E-state index is 0.0177. The van der Waals surface area contributed by atoms with E-state index in [4.69, 9.17) is 11.6 Å². The van der Waals surface area contributed by atoms with Crippen LogP contribution in [-0.4, -0.2) is 29.9 Å². The van der Waals surface area contributed by atoms with Gasteiger partial charge in [0.05, 0.1) is 10.6 Å². The predicted molar refractivity (Wildman–Crippen MR) is 90.4 cm³/mol. The second kappa shape index (κ2) is 7.01. The van der Waals surface area contributed by atoms with E-state index in [0.29, 0.717) is 23.7 Å². The number of carbonyl (C=O) groups excluding carboxylic acids is 1. The minimum atomic E-state index is -0.240. The van der Waals surface area contributed by atoms with Crippen molar-refractivity contribution in [2.75, 3.05) is 18.4 Å². The van der Waals surface area contributed by atoms with Gasteiger partial charge < -0.3 is 10.2 Å². The number of amides is 1. The number of hydrogen-bond donors (Lipinski definition) is 1. The molecule has 1 N–H and O–H groups in total. The minimum Gasteiger partial charge on any atom is -0.382 e. The van der Waals surface area contributed by atoms with Crippen LogP contribution >= 0.6 is 11.6 Å². The van der Waals surface area contributed by atoms with E-state index in [0.717, 1.165) is 18.5 Å². The molecule has 3 nitrogen and oxygen atoms in total. The molecule has 23 heavy (non-hydrogen) atoms. The van der Waals surface area contributed by atoms with E-state index in [1.54, 1.807) is 24.3 Å². The molecule has 3 rings (SSSR count). The molecule has 1 saturated heterocycles. The molecular formula is C18H18ClFN2O. The summed E-state index contributed by atoms with van der Waals surface area (Å²) in [5, 5.41) is 3.88. The van der Waals surface area contributed by atoms with Crippen LogP contribution in [0.4, 0.5) is 10.1 Å². The van der Waals surface area contributed by atoms with Crippen molar-refractivity contribution in [3.05, 3.63) is 64.9 Å². The highest BCUT2D eigenvalue weighted by Gasteiger charge is 2.24. The molecule has 0 radical (unpaired) electrons. The summed E-state index contributed by atoms with van der Waals surface area (Å²) in [4.78, 5) is 14.3. The number of rotatable bonds is 3. The number of nitrogens with zero attached hydrogens (tertiary/aromatic N) is 1. The van der Waals surface area contributed by atoms with Crippen LogP contribution in [0.1, 0.15) is 23.2 Å². The Kier molecular flexibility index (Phi) is 4.82. The maximum atomic E-state index is 12.9. The van der Waals surface area contributed by atoms with Gasteiger partial charge >= 0.3 is 0 Å². The topological polar surface area (TPSA) is 32.3 Å². The molecule has 120 valence electrons. The van der Waals surface area contributed by atoms with E-state index in [-0.39, 0.29) is 17.8 Å². The average molecular weight is 333 g/mol. The molecule has 0 aromatic heterocycles.